The Balaban J connectivity index is 2.25. The Morgan fingerprint density at radius 1 is 1.12 bits per heavy atom. The number of halogens is 1. The van der Waals surface area contributed by atoms with Crippen LogP contribution in [0.1, 0.15) is 25.3 Å². The van der Waals surface area contributed by atoms with Crippen LogP contribution in [0.2, 0.25) is 0 Å². The maximum Gasteiger partial charge on any atom is 0.333 e. The molecule has 8 heteroatoms. The highest BCUT2D eigenvalue weighted by Crippen LogP contribution is 2.16. The summed E-state index contributed by atoms with van der Waals surface area (Å²) in [7, 11) is 0. The monoisotopic (exact) mass is 375 g/mol. The van der Waals surface area contributed by atoms with Crippen molar-refractivity contribution in [3.05, 3.63) is 56.7 Å². The van der Waals surface area contributed by atoms with E-state index in [2.05, 4.69) is 5.10 Å². The molecule has 138 valence electrons. The smallest absolute Gasteiger partial charge is 0.333 e. The normalized spacial score (nSPS) is 11.3. The third-order valence-electron chi connectivity index (χ3n) is 4.36. The lowest BCUT2D eigenvalue weighted by atomic mass is 10.2. The Morgan fingerprint density at radius 3 is 2.50 bits per heavy atom. The largest absolute Gasteiger partial charge is 0.383 e. The van der Waals surface area contributed by atoms with Crippen molar-refractivity contribution in [1.82, 2.24) is 18.9 Å². The maximum atomic E-state index is 13.0. The molecule has 0 saturated heterocycles. The van der Waals surface area contributed by atoms with Gasteiger partial charge in [-0.05, 0) is 12.0 Å². The molecule has 0 amide bonds. The second-order valence-corrected chi connectivity index (χ2v) is 6.54. The molecule has 1 aromatic carbocycles. The summed E-state index contributed by atoms with van der Waals surface area (Å²) in [5, 5.41) is 4.66. The van der Waals surface area contributed by atoms with Crippen LogP contribution in [0.25, 0.3) is 11.0 Å². The summed E-state index contributed by atoms with van der Waals surface area (Å²) in [6.45, 7) is 3.10. The molecule has 26 heavy (non-hydrogen) atoms. The number of fused-ring (bicyclic) bond motifs is 1. The highest BCUT2D eigenvalue weighted by Gasteiger charge is 2.20. The van der Waals surface area contributed by atoms with Gasteiger partial charge >= 0.3 is 5.69 Å². The van der Waals surface area contributed by atoms with Gasteiger partial charge in [0.1, 0.15) is 11.2 Å². The first-order valence-corrected chi connectivity index (χ1v) is 9.21. The number of nitrogen functional groups attached to an aromatic ring is 1. The molecule has 0 aliphatic heterocycles. The molecule has 7 nitrogen and oxygen atoms in total. The molecule has 0 fully saturated rings. The zero-order chi connectivity index (χ0) is 18.7. The topological polar surface area (TPSA) is 87.8 Å². The number of nitrogens with zero attached hydrogens (tertiary/aromatic N) is 4. The fourth-order valence-electron chi connectivity index (χ4n) is 2.99. The van der Waals surface area contributed by atoms with E-state index in [0.29, 0.717) is 24.6 Å². The number of hydrogen-bond donors (Lipinski definition) is 1. The van der Waals surface area contributed by atoms with Crippen LogP contribution in [-0.2, 0) is 19.6 Å². The molecule has 0 radical (unpaired) electrons. The summed E-state index contributed by atoms with van der Waals surface area (Å²) in [5.41, 5.74) is 6.58. The van der Waals surface area contributed by atoms with Crippen LogP contribution in [0.3, 0.4) is 0 Å². The van der Waals surface area contributed by atoms with E-state index < -0.39 is 5.56 Å². The van der Waals surface area contributed by atoms with Crippen molar-refractivity contribution in [2.45, 2.75) is 39.4 Å². The molecule has 2 heterocycles. The number of unbranched alkanes of at least 4 members (excludes halogenated alkanes) is 1. The van der Waals surface area contributed by atoms with Gasteiger partial charge in [0, 0.05) is 12.4 Å². The molecule has 3 rings (SSSR count). The summed E-state index contributed by atoms with van der Waals surface area (Å²) in [4.78, 5) is 26.0. The average molecular weight is 376 g/mol. The zero-order valence-electron chi connectivity index (χ0n) is 14.7. The second-order valence-electron chi connectivity index (χ2n) is 6.16. The number of anilines is 1. The van der Waals surface area contributed by atoms with Crippen molar-refractivity contribution < 1.29 is 0 Å². The quantitative estimate of drug-likeness (QED) is 0.640. The van der Waals surface area contributed by atoms with Crippen molar-refractivity contribution in [2.75, 3.05) is 11.6 Å². The van der Waals surface area contributed by atoms with Gasteiger partial charge in [0.2, 0.25) is 0 Å². The van der Waals surface area contributed by atoms with Gasteiger partial charge in [-0.25, -0.2) is 9.48 Å². The highest BCUT2D eigenvalue weighted by molar-refractivity contribution is 6.17. The van der Waals surface area contributed by atoms with Gasteiger partial charge in [-0.15, -0.1) is 11.6 Å². The van der Waals surface area contributed by atoms with E-state index >= 15 is 0 Å². The molecular formula is C18H22ClN5O2. The predicted octanol–water partition coefficient (Wildman–Crippen LogP) is 2.03. The molecule has 0 atom stereocenters. The maximum absolute atomic E-state index is 13.0. The van der Waals surface area contributed by atoms with Crippen LogP contribution in [0.4, 0.5) is 5.82 Å². The number of nitrogens with two attached hydrogens (primary N) is 1. The fraction of sp³-hybridized carbons (Fsp3) is 0.389. The standard InChI is InChI=1S/C18H22ClN5O2/c1-2-3-10-22-16-14(15(20)24(21-16)11-9-19)17(25)23(18(22)26)12-13-7-5-4-6-8-13/h4-8H,2-3,9-12,20H2,1H3. The molecule has 2 aromatic heterocycles. The zero-order valence-corrected chi connectivity index (χ0v) is 15.4. The first kappa shape index (κ1) is 18.3. The van der Waals surface area contributed by atoms with Crippen LogP contribution in [0, 0.1) is 0 Å². The SMILES string of the molecule is CCCCn1c(=O)n(Cc2ccccc2)c(=O)c2c(N)n(CCCl)nc21. The fourth-order valence-corrected chi connectivity index (χ4v) is 3.15. The van der Waals surface area contributed by atoms with Crippen LogP contribution < -0.4 is 17.0 Å². The Morgan fingerprint density at radius 2 is 1.85 bits per heavy atom. The van der Waals surface area contributed by atoms with Crippen LogP contribution >= 0.6 is 11.6 Å². The van der Waals surface area contributed by atoms with Gasteiger partial charge < -0.3 is 5.73 Å². The first-order valence-electron chi connectivity index (χ1n) is 8.68. The van der Waals surface area contributed by atoms with Gasteiger partial charge in [-0.3, -0.25) is 13.9 Å². The second kappa shape index (κ2) is 7.78. The lowest BCUT2D eigenvalue weighted by molar-refractivity contribution is 0.564. The molecule has 0 saturated carbocycles. The molecular weight excluding hydrogens is 354 g/mol. The van der Waals surface area contributed by atoms with E-state index in [0.717, 1.165) is 18.4 Å². The van der Waals surface area contributed by atoms with Gasteiger partial charge in [0.25, 0.3) is 5.56 Å². The van der Waals surface area contributed by atoms with Crippen molar-refractivity contribution in [2.24, 2.45) is 0 Å². The summed E-state index contributed by atoms with van der Waals surface area (Å²) in [5.74, 6) is 0.563. The first-order chi connectivity index (χ1) is 12.6. The Bertz CT molecular complexity index is 1020. The number of aromatic nitrogens is 4. The lowest BCUT2D eigenvalue weighted by Gasteiger charge is -2.11. The number of benzene rings is 1. The van der Waals surface area contributed by atoms with E-state index in [1.54, 1.807) is 4.57 Å². The number of alkyl halides is 1. The Hall–Kier alpha value is -2.54. The minimum Gasteiger partial charge on any atom is -0.383 e. The van der Waals surface area contributed by atoms with Crippen LogP contribution in [0.15, 0.2) is 39.9 Å². The van der Waals surface area contributed by atoms with Crippen LogP contribution in [-0.4, -0.2) is 24.8 Å². The number of aryl methyl sites for hydroxylation is 2. The van der Waals surface area contributed by atoms with E-state index in [1.165, 1.54) is 9.25 Å². The molecule has 0 bridgehead atoms. The lowest BCUT2D eigenvalue weighted by Crippen LogP contribution is -2.40. The third kappa shape index (κ3) is 3.26. The molecule has 0 aliphatic carbocycles. The molecule has 0 spiro atoms. The minimum atomic E-state index is -0.417. The summed E-state index contributed by atoms with van der Waals surface area (Å²) < 4.78 is 4.27. The Labute approximate surface area is 155 Å². The van der Waals surface area contributed by atoms with E-state index in [4.69, 9.17) is 17.3 Å². The highest BCUT2D eigenvalue weighted by atomic mass is 35.5. The minimum absolute atomic E-state index is 0.195. The van der Waals surface area contributed by atoms with E-state index in [1.807, 2.05) is 37.3 Å². The third-order valence-corrected chi connectivity index (χ3v) is 4.53. The van der Waals surface area contributed by atoms with Crippen molar-refractivity contribution in [1.29, 1.82) is 0 Å². The predicted molar refractivity (Wildman–Crippen MR) is 104 cm³/mol. The Kier molecular flexibility index (Phi) is 5.46. The van der Waals surface area contributed by atoms with Crippen molar-refractivity contribution in [3.8, 4) is 0 Å². The summed E-state index contributed by atoms with van der Waals surface area (Å²) in [6.07, 6.45) is 1.73. The van der Waals surface area contributed by atoms with Gasteiger partial charge in [-0.2, -0.15) is 5.10 Å². The van der Waals surface area contributed by atoms with Crippen molar-refractivity contribution in [3.63, 3.8) is 0 Å². The summed E-state index contributed by atoms with van der Waals surface area (Å²) in [6, 6.07) is 9.41. The molecule has 3 aromatic rings. The molecule has 0 aliphatic rings. The van der Waals surface area contributed by atoms with Gasteiger partial charge in [0.05, 0.1) is 13.1 Å². The number of hydrogen-bond acceptors (Lipinski definition) is 4. The van der Waals surface area contributed by atoms with E-state index in [9.17, 15) is 9.59 Å². The summed E-state index contributed by atoms with van der Waals surface area (Å²) >= 11 is 5.80. The van der Waals surface area contributed by atoms with Gasteiger partial charge in [0.15, 0.2) is 5.65 Å². The van der Waals surface area contributed by atoms with Crippen LogP contribution in [0.5, 0.6) is 0 Å². The molecule has 0 unspecified atom stereocenters. The molecule has 2 N–H and O–H groups in total. The van der Waals surface area contributed by atoms with Crippen molar-refractivity contribution >= 4 is 28.5 Å². The average Bonchev–Trinajstić information content (AvgIpc) is 2.96. The van der Waals surface area contributed by atoms with Gasteiger partial charge in [-0.1, -0.05) is 43.7 Å². The van der Waals surface area contributed by atoms with E-state index in [-0.39, 0.29) is 23.4 Å². The number of rotatable bonds is 7.